The van der Waals surface area contributed by atoms with Crippen LogP contribution in [0, 0.1) is 6.92 Å². The molecule has 0 radical (unpaired) electrons. The lowest BCUT2D eigenvalue weighted by atomic mass is 9.90. The Kier molecular flexibility index (Phi) is 3.02. The summed E-state index contributed by atoms with van der Waals surface area (Å²) in [6, 6.07) is 1.81. The molecule has 1 aromatic rings. The van der Waals surface area contributed by atoms with Crippen LogP contribution in [0.15, 0.2) is 24.4 Å². The van der Waals surface area contributed by atoms with E-state index in [-0.39, 0.29) is 0 Å². The minimum absolute atomic E-state index is 0.943. The van der Waals surface area contributed by atoms with Crippen LogP contribution in [0.3, 0.4) is 0 Å². The van der Waals surface area contributed by atoms with E-state index in [4.69, 9.17) is 10.0 Å². The zero-order valence-corrected chi connectivity index (χ0v) is 6.81. The van der Waals surface area contributed by atoms with Crippen molar-refractivity contribution in [3.63, 3.8) is 0 Å². The Hall–Kier alpha value is -1.13. The summed E-state index contributed by atoms with van der Waals surface area (Å²) < 4.78 is 0. The van der Waals surface area contributed by atoms with Crippen molar-refractivity contribution in [3.8, 4) is 0 Å². The van der Waals surface area contributed by atoms with Gasteiger partial charge in [-0.3, -0.25) is 4.98 Å². The maximum absolute atomic E-state index is 8.56. The van der Waals surface area contributed by atoms with Crippen LogP contribution in [0.2, 0.25) is 0 Å². The molecule has 1 rings (SSSR count). The van der Waals surface area contributed by atoms with Crippen LogP contribution in [0.5, 0.6) is 0 Å². The Morgan fingerprint density at radius 3 is 2.83 bits per heavy atom. The Labute approximate surface area is 71.5 Å². The van der Waals surface area contributed by atoms with Crippen LogP contribution >= 0.6 is 0 Å². The lowest BCUT2D eigenvalue weighted by molar-refractivity contribution is 0.424. The molecule has 0 fully saturated rings. The molecular formula is C8H10BNO2. The van der Waals surface area contributed by atoms with Crippen molar-refractivity contribution in [3.05, 3.63) is 35.6 Å². The monoisotopic (exact) mass is 163 g/mol. The number of nitrogens with zero attached hydrogens (tertiary/aromatic N) is 1. The highest BCUT2D eigenvalue weighted by Crippen LogP contribution is 2.06. The van der Waals surface area contributed by atoms with E-state index < -0.39 is 7.12 Å². The lowest BCUT2D eigenvalue weighted by Crippen LogP contribution is -2.05. The Balaban J connectivity index is 2.82. The van der Waals surface area contributed by atoms with Crippen LogP contribution in [0.1, 0.15) is 11.1 Å². The topological polar surface area (TPSA) is 53.4 Å². The van der Waals surface area contributed by atoms with Gasteiger partial charge in [0.05, 0.1) is 0 Å². The number of rotatable bonds is 2. The van der Waals surface area contributed by atoms with E-state index in [1.165, 1.54) is 5.98 Å². The first-order valence-corrected chi connectivity index (χ1v) is 3.65. The van der Waals surface area contributed by atoms with Gasteiger partial charge in [-0.1, -0.05) is 12.1 Å². The molecule has 62 valence electrons. The van der Waals surface area contributed by atoms with E-state index in [0.29, 0.717) is 0 Å². The van der Waals surface area contributed by atoms with Crippen molar-refractivity contribution in [2.24, 2.45) is 0 Å². The van der Waals surface area contributed by atoms with Gasteiger partial charge >= 0.3 is 7.12 Å². The fourth-order valence-electron chi connectivity index (χ4n) is 0.861. The highest BCUT2D eigenvalue weighted by molar-refractivity contribution is 6.48. The molecule has 0 aliphatic heterocycles. The van der Waals surface area contributed by atoms with Crippen LogP contribution in [0.4, 0.5) is 0 Å². The summed E-state index contributed by atoms with van der Waals surface area (Å²) in [7, 11) is -1.39. The third kappa shape index (κ3) is 2.49. The molecule has 4 heteroatoms. The Bertz CT molecular complexity index is 286. The van der Waals surface area contributed by atoms with Gasteiger partial charge in [0.1, 0.15) is 0 Å². The molecule has 3 nitrogen and oxygen atoms in total. The van der Waals surface area contributed by atoms with Crippen LogP contribution in [-0.2, 0) is 0 Å². The van der Waals surface area contributed by atoms with Gasteiger partial charge in [0.2, 0.25) is 0 Å². The second kappa shape index (κ2) is 4.04. The number of aryl methyl sites for hydroxylation is 1. The second-order valence-electron chi connectivity index (χ2n) is 2.50. The van der Waals surface area contributed by atoms with Crippen molar-refractivity contribution in [1.82, 2.24) is 4.98 Å². The van der Waals surface area contributed by atoms with Gasteiger partial charge in [0.25, 0.3) is 0 Å². The molecule has 2 N–H and O–H groups in total. The number of hydrogen-bond donors (Lipinski definition) is 2. The number of aromatic nitrogens is 1. The zero-order chi connectivity index (χ0) is 8.97. The van der Waals surface area contributed by atoms with Gasteiger partial charge in [0, 0.05) is 12.4 Å². The van der Waals surface area contributed by atoms with E-state index >= 15 is 0 Å². The summed E-state index contributed by atoms with van der Waals surface area (Å²) in [6.07, 6.45) is 5.04. The predicted octanol–water partition coefficient (Wildman–Crippen LogP) is 0.415. The summed E-state index contributed by atoms with van der Waals surface area (Å²) >= 11 is 0. The highest BCUT2D eigenvalue weighted by atomic mass is 16.4. The molecule has 0 aromatic carbocycles. The average molecular weight is 163 g/mol. The van der Waals surface area contributed by atoms with Gasteiger partial charge < -0.3 is 10.0 Å². The molecule has 0 aliphatic rings. The predicted molar refractivity (Wildman–Crippen MR) is 48.2 cm³/mol. The molecule has 0 spiro atoms. The fraction of sp³-hybridized carbons (Fsp3) is 0.125. The maximum atomic E-state index is 8.56. The van der Waals surface area contributed by atoms with E-state index in [1.54, 1.807) is 18.5 Å². The molecule has 0 bridgehead atoms. The van der Waals surface area contributed by atoms with Crippen LogP contribution in [-0.4, -0.2) is 22.2 Å². The fourth-order valence-corrected chi connectivity index (χ4v) is 0.861. The molecule has 0 saturated heterocycles. The lowest BCUT2D eigenvalue weighted by Gasteiger charge is -1.96. The van der Waals surface area contributed by atoms with Crippen molar-refractivity contribution in [2.45, 2.75) is 6.92 Å². The SMILES string of the molecule is Cc1cnccc1/C=C/B(O)O. The van der Waals surface area contributed by atoms with E-state index in [1.807, 2.05) is 13.0 Å². The van der Waals surface area contributed by atoms with Gasteiger partial charge in [-0.05, 0) is 24.1 Å². The molecule has 0 amide bonds. The molecule has 12 heavy (non-hydrogen) atoms. The zero-order valence-electron chi connectivity index (χ0n) is 6.81. The third-order valence-corrected chi connectivity index (χ3v) is 1.51. The first-order chi connectivity index (χ1) is 5.70. The molecule has 0 atom stereocenters. The minimum Gasteiger partial charge on any atom is -0.424 e. The van der Waals surface area contributed by atoms with Gasteiger partial charge in [-0.15, -0.1) is 0 Å². The summed E-state index contributed by atoms with van der Waals surface area (Å²) in [5.74, 6) is 1.31. The average Bonchev–Trinajstić information content (AvgIpc) is 2.03. The van der Waals surface area contributed by atoms with Gasteiger partial charge in [-0.2, -0.15) is 0 Å². The standard InChI is InChI=1S/C8H10BNO2/c1-7-6-10-5-3-8(7)2-4-9(11)12/h2-6,11-12H,1H3/b4-2+. The first kappa shape index (κ1) is 8.97. The second-order valence-corrected chi connectivity index (χ2v) is 2.50. The largest absolute Gasteiger partial charge is 0.480 e. The van der Waals surface area contributed by atoms with Crippen LogP contribution in [0.25, 0.3) is 6.08 Å². The Morgan fingerprint density at radius 1 is 1.50 bits per heavy atom. The van der Waals surface area contributed by atoms with E-state index in [9.17, 15) is 0 Å². The minimum atomic E-state index is -1.39. The van der Waals surface area contributed by atoms with Crippen molar-refractivity contribution in [1.29, 1.82) is 0 Å². The molecule has 1 heterocycles. The number of pyridine rings is 1. The summed E-state index contributed by atoms with van der Waals surface area (Å²) in [5, 5.41) is 17.1. The summed E-state index contributed by atoms with van der Waals surface area (Å²) in [4.78, 5) is 3.91. The molecule has 0 saturated carbocycles. The third-order valence-electron chi connectivity index (χ3n) is 1.51. The van der Waals surface area contributed by atoms with Crippen LogP contribution < -0.4 is 0 Å². The number of hydrogen-bond acceptors (Lipinski definition) is 3. The molecular weight excluding hydrogens is 153 g/mol. The van der Waals surface area contributed by atoms with Gasteiger partial charge in [0.15, 0.2) is 0 Å². The quantitative estimate of drug-likeness (QED) is 0.621. The molecule has 1 aromatic heterocycles. The maximum Gasteiger partial charge on any atom is 0.480 e. The van der Waals surface area contributed by atoms with Gasteiger partial charge in [-0.25, -0.2) is 0 Å². The normalized spacial score (nSPS) is 10.6. The molecule has 0 unspecified atom stereocenters. The molecule has 0 aliphatic carbocycles. The smallest absolute Gasteiger partial charge is 0.424 e. The Morgan fingerprint density at radius 2 is 2.25 bits per heavy atom. The van der Waals surface area contributed by atoms with Crippen molar-refractivity contribution in [2.75, 3.05) is 0 Å². The summed E-state index contributed by atoms with van der Waals surface area (Å²) in [6.45, 7) is 1.91. The van der Waals surface area contributed by atoms with Crippen molar-refractivity contribution < 1.29 is 10.0 Å². The first-order valence-electron chi connectivity index (χ1n) is 3.65. The summed E-state index contributed by atoms with van der Waals surface area (Å²) in [5.41, 5.74) is 1.95. The van der Waals surface area contributed by atoms with E-state index in [0.717, 1.165) is 11.1 Å². The highest BCUT2D eigenvalue weighted by Gasteiger charge is 1.98. The van der Waals surface area contributed by atoms with Crippen molar-refractivity contribution >= 4 is 13.2 Å². The van der Waals surface area contributed by atoms with E-state index in [2.05, 4.69) is 4.98 Å².